The van der Waals surface area contributed by atoms with Crippen LogP contribution in [0.1, 0.15) is 33.3 Å². The van der Waals surface area contributed by atoms with E-state index in [4.69, 9.17) is 17.3 Å². The van der Waals surface area contributed by atoms with Gasteiger partial charge in [0.1, 0.15) is 0 Å². The van der Waals surface area contributed by atoms with Crippen molar-refractivity contribution in [2.24, 2.45) is 11.7 Å². The number of nitrogens with two attached hydrogens (primary N) is 1. The molecule has 0 amide bonds. The topological polar surface area (TPSA) is 29.3 Å². The van der Waals surface area contributed by atoms with Crippen molar-refractivity contribution in [2.45, 2.75) is 45.7 Å². The van der Waals surface area contributed by atoms with Gasteiger partial charge in [0, 0.05) is 23.1 Å². The molecule has 0 radical (unpaired) electrons. The minimum absolute atomic E-state index is 0.0302. The van der Waals surface area contributed by atoms with Crippen LogP contribution in [0.25, 0.3) is 0 Å². The Hall–Kier alpha value is -0.570. The second-order valence-corrected chi connectivity index (χ2v) is 6.54. The van der Waals surface area contributed by atoms with Crippen LogP contribution in [0, 0.1) is 5.92 Å². The minimum atomic E-state index is -0.0302. The predicted molar refractivity (Wildman–Crippen MR) is 84.7 cm³/mol. The zero-order valence-corrected chi connectivity index (χ0v) is 13.5. The van der Waals surface area contributed by atoms with Crippen LogP contribution in [0.15, 0.2) is 24.3 Å². The molecule has 1 aromatic rings. The van der Waals surface area contributed by atoms with Gasteiger partial charge in [0.2, 0.25) is 0 Å². The maximum Gasteiger partial charge on any atom is 0.0406 e. The summed E-state index contributed by atoms with van der Waals surface area (Å²) >= 11 is 5.94. The first kappa shape index (κ1) is 16.5. The van der Waals surface area contributed by atoms with Gasteiger partial charge < -0.3 is 5.73 Å². The summed E-state index contributed by atoms with van der Waals surface area (Å²) < 4.78 is 0. The molecule has 0 saturated heterocycles. The molecule has 0 heterocycles. The van der Waals surface area contributed by atoms with Gasteiger partial charge in [-0.25, -0.2) is 0 Å². The van der Waals surface area contributed by atoms with Crippen molar-refractivity contribution in [3.63, 3.8) is 0 Å². The Labute approximate surface area is 122 Å². The van der Waals surface area contributed by atoms with Crippen molar-refractivity contribution < 1.29 is 0 Å². The van der Waals surface area contributed by atoms with Gasteiger partial charge in [-0.2, -0.15) is 0 Å². The minimum Gasteiger partial charge on any atom is -0.329 e. The summed E-state index contributed by atoms with van der Waals surface area (Å²) in [5, 5.41) is 0.780. The molecule has 2 N–H and O–H groups in total. The second-order valence-electron chi connectivity index (χ2n) is 6.10. The van der Waals surface area contributed by atoms with E-state index in [0.29, 0.717) is 18.5 Å². The van der Waals surface area contributed by atoms with Crippen LogP contribution in [-0.2, 0) is 6.42 Å². The summed E-state index contributed by atoms with van der Waals surface area (Å²) in [4.78, 5) is 2.41. The molecule has 0 aliphatic heterocycles. The lowest BCUT2D eigenvalue weighted by Crippen LogP contribution is -2.55. The normalized spacial score (nSPS) is 16.7. The average Bonchev–Trinajstić information content (AvgIpc) is 2.39. The first-order chi connectivity index (χ1) is 8.80. The smallest absolute Gasteiger partial charge is 0.0406 e. The molecule has 2 nitrogen and oxygen atoms in total. The number of halogens is 1. The molecule has 0 aromatic heterocycles. The molecular formula is C16H27ClN2. The van der Waals surface area contributed by atoms with Crippen LogP contribution in [0.5, 0.6) is 0 Å². The number of likely N-dealkylation sites (N-methyl/N-ethyl adjacent to an activating group) is 1. The van der Waals surface area contributed by atoms with E-state index in [2.05, 4.69) is 51.8 Å². The molecule has 19 heavy (non-hydrogen) atoms. The summed E-state index contributed by atoms with van der Waals surface area (Å²) in [7, 11) is 2.17. The maximum atomic E-state index is 6.06. The fraction of sp³-hybridized carbons (Fsp3) is 0.625. The molecule has 2 unspecified atom stereocenters. The Bertz CT molecular complexity index is 388. The fourth-order valence-corrected chi connectivity index (χ4v) is 2.45. The summed E-state index contributed by atoms with van der Waals surface area (Å²) in [5.74, 6) is 0.612. The number of benzene rings is 1. The molecule has 0 fully saturated rings. The Morgan fingerprint density at radius 3 is 2.16 bits per heavy atom. The first-order valence-electron chi connectivity index (χ1n) is 6.97. The summed E-state index contributed by atoms with van der Waals surface area (Å²) in [6.07, 6.45) is 0.939. The molecular weight excluding hydrogens is 256 g/mol. The molecule has 0 aliphatic rings. The number of nitrogens with zero attached hydrogens (tertiary/aromatic N) is 1. The fourth-order valence-electron chi connectivity index (χ4n) is 2.32. The van der Waals surface area contributed by atoms with Crippen LogP contribution < -0.4 is 5.73 Å². The lowest BCUT2D eigenvalue weighted by Gasteiger charge is -2.43. The Morgan fingerprint density at radius 1 is 1.21 bits per heavy atom. The van der Waals surface area contributed by atoms with Crippen molar-refractivity contribution in [3.05, 3.63) is 34.9 Å². The van der Waals surface area contributed by atoms with Crippen molar-refractivity contribution in [2.75, 3.05) is 13.6 Å². The SMILES string of the molecule is CC(C)C(C)N(C)C(C)(CN)Cc1ccc(Cl)cc1. The highest BCUT2D eigenvalue weighted by atomic mass is 35.5. The van der Waals surface area contributed by atoms with Gasteiger partial charge in [-0.3, -0.25) is 4.90 Å². The van der Waals surface area contributed by atoms with Crippen molar-refractivity contribution in [1.29, 1.82) is 0 Å². The average molecular weight is 283 g/mol. The van der Waals surface area contributed by atoms with Gasteiger partial charge in [-0.1, -0.05) is 37.6 Å². The van der Waals surface area contributed by atoms with Gasteiger partial charge in [0.15, 0.2) is 0 Å². The van der Waals surface area contributed by atoms with Crippen LogP contribution >= 0.6 is 11.6 Å². The quantitative estimate of drug-likeness (QED) is 0.864. The van der Waals surface area contributed by atoms with E-state index >= 15 is 0 Å². The molecule has 3 heteroatoms. The van der Waals surface area contributed by atoms with Crippen molar-refractivity contribution >= 4 is 11.6 Å². The van der Waals surface area contributed by atoms with Crippen LogP contribution in [0.2, 0.25) is 5.02 Å². The van der Waals surface area contributed by atoms with E-state index in [0.717, 1.165) is 11.4 Å². The molecule has 1 aromatic carbocycles. The summed E-state index contributed by atoms with van der Waals surface area (Å²) in [6.45, 7) is 9.64. The van der Waals surface area contributed by atoms with Gasteiger partial charge in [0.25, 0.3) is 0 Å². The van der Waals surface area contributed by atoms with Gasteiger partial charge in [-0.15, -0.1) is 0 Å². The molecule has 1 rings (SSSR count). The highest BCUT2D eigenvalue weighted by Crippen LogP contribution is 2.24. The third-order valence-corrected chi connectivity index (χ3v) is 4.62. The predicted octanol–water partition coefficient (Wildman–Crippen LogP) is 3.58. The zero-order valence-electron chi connectivity index (χ0n) is 12.8. The van der Waals surface area contributed by atoms with E-state index in [-0.39, 0.29) is 5.54 Å². The van der Waals surface area contributed by atoms with E-state index in [1.807, 2.05) is 12.1 Å². The third kappa shape index (κ3) is 4.20. The Kier molecular flexibility index (Phi) is 5.84. The number of rotatable bonds is 6. The Morgan fingerprint density at radius 2 is 1.74 bits per heavy atom. The van der Waals surface area contributed by atoms with Crippen LogP contribution in [-0.4, -0.2) is 30.1 Å². The lowest BCUT2D eigenvalue weighted by atomic mass is 9.88. The highest BCUT2D eigenvalue weighted by molar-refractivity contribution is 6.30. The Balaban J connectivity index is 2.88. The largest absolute Gasteiger partial charge is 0.329 e. The second kappa shape index (κ2) is 6.74. The molecule has 0 spiro atoms. The number of hydrogen-bond acceptors (Lipinski definition) is 2. The molecule has 0 saturated carbocycles. The molecule has 108 valence electrons. The third-order valence-electron chi connectivity index (χ3n) is 4.37. The van der Waals surface area contributed by atoms with E-state index < -0.39 is 0 Å². The maximum absolute atomic E-state index is 6.06. The van der Waals surface area contributed by atoms with Crippen LogP contribution in [0.3, 0.4) is 0 Å². The summed E-state index contributed by atoms with van der Waals surface area (Å²) in [5.41, 5.74) is 7.30. The monoisotopic (exact) mass is 282 g/mol. The zero-order chi connectivity index (χ0) is 14.6. The van der Waals surface area contributed by atoms with Crippen LogP contribution in [0.4, 0.5) is 0 Å². The standard InChI is InChI=1S/C16H27ClN2/c1-12(2)13(3)19(5)16(4,11-18)10-14-6-8-15(17)9-7-14/h6-9,12-13H,10-11,18H2,1-5H3. The molecule has 0 bridgehead atoms. The number of hydrogen-bond donors (Lipinski definition) is 1. The van der Waals surface area contributed by atoms with E-state index in [1.165, 1.54) is 5.56 Å². The first-order valence-corrected chi connectivity index (χ1v) is 7.35. The highest BCUT2D eigenvalue weighted by Gasteiger charge is 2.32. The van der Waals surface area contributed by atoms with E-state index in [1.54, 1.807) is 0 Å². The lowest BCUT2D eigenvalue weighted by molar-refractivity contribution is 0.0767. The van der Waals surface area contributed by atoms with Crippen molar-refractivity contribution in [1.82, 2.24) is 4.90 Å². The molecule has 0 aliphatic carbocycles. The van der Waals surface area contributed by atoms with Gasteiger partial charge in [-0.05, 0) is 50.9 Å². The van der Waals surface area contributed by atoms with Crippen molar-refractivity contribution in [3.8, 4) is 0 Å². The molecule has 2 atom stereocenters. The van der Waals surface area contributed by atoms with Gasteiger partial charge >= 0.3 is 0 Å². The summed E-state index contributed by atoms with van der Waals surface area (Å²) in [6, 6.07) is 8.56. The van der Waals surface area contributed by atoms with E-state index in [9.17, 15) is 0 Å². The van der Waals surface area contributed by atoms with Gasteiger partial charge in [0.05, 0.1) is 0 Å².